The molecule has 3 aromatic rings. The molecule has 1 saturated carbocycles. The molecule has 4 heteroatoms. The summed E-state index contributed by atoms with van der Waals surface area (Å²) in [4.78, 5) is 0. The molecule has 1 aromatic heterocycles. The average Bonchev–Trinajstić information content (AvgIpc) is 3.15. The Morgan fingerprint density at radius 1 is 0.885 bits per heavy atom. The second-order valence-electron chi connectivity index (χ2n) is 7.53. The lowest BCUT2D eigenvalue weighted by atomic mass is 9.74. The van der Waals surface area contributed by atoms with Gasteiger partial charge in [-0.2, -0.15) is 0 Å². The van der Waals surface area contributed by atoms with Gasteiger partial charge in [0.2, 0.25) is 0 Å². The van der Waals surface area contributed by atoms with E-state index in [1.807, 2.05) is 12.1 Å². The van der Waals surface area contributed by atoms with Crippen LogP contribution in [0.25, 0.3) is 22.8 Å². The van der Waals surface area contributed by atoms with Crippen molar-refractivity contribution in [3.8, 4) is 28.5 Å². The minimum absolute atomic E-state index is 0.112. The fourth-order valence-corrected chi connectivity index (χ4v) is 4.77. The third-order valence-electron chi connectivity index (χ3n) is 6.05. The van der Waals surface area contributed by atoms with Gasteiger partial charge in [-0.15, -0.1) is 10.2 Å². The molecule has 0 N–H and O–H groups in total. The molecule has 1 fully saturated rings. The topological polar surface area (TPSA) is 39.9 Å². The van der Waals surface area contributed by atoms with Crippen LogP contribution in [0.15, 0.2) is 48.5 Å². The van der Waals surface area contributed by atoms with Crippen molar-refractivity contribution < 1.29 is 4.74 Å². The van der Waals surface area contributed by atoms with Crippen molar-refractivity contribution in [2.75, 3.05) is 7.11 Å². The predicted molar refractivity (Wildman–Crippen MR) is 102 cm³/mol. The zero-order chi connectivity index (χ0) is 17.6. The number of methoxy groups -OCH3 is 1. The second-order valence-corrected chi connectivity index (χ2v) is 7.53. The Morgan fingerprint density at radius 3 is 2.38 bits per heavy atom. The van der Waals surface area contributed by atoms with E-state index in [1.54, 1.807) is 7.11 Å². The van der Waals surface area contributed by atoms with Crippen LogP contribution >= 0.6 is 0 Å². The lowest BCUT2D eigenvalue weighted by molar-refractivity contribution is 0.191. The lowest BCUT2D eigenvalue weighted by Crippen LogP contribution is -2.41. The maximum absolute atomic E-state index is 5.31. The number of aromatic nitrogens is 3. The summed E-state index contributed by atoms with van der Waals surface area (Å²) in [6, 6.07) is 16.9. The van der Waals surface area contributed by atoms with E-state index in [0.717, 1.165) is 29.4 Å². The van der Waals surface area contributed by atoms with Crippen LogP contribution in [0.2, 0.25) is 0 Å². The maximum atomic E-state index is 5.31. The van der Waals surface area contributed by atoms with Crippen LogP contribution in [-0.2, 0) is 12.0 Å². The largest absolute Gasteiger partial charge is 0.497 e. The molecule has 1 spiro atoms. The summed E-state index contributed by atoms with van der Waals surface area (Å²) in [7, 11) is 1.70. The smallest absolute Gasteiger partial charge is 0.165 e. The van der Waals surface area contributed by atoms with E-state index in [1.165, 1.54) is 43.2 Å². The molecule has 1 aliphatic carbocycles. The zero-order valence-electron chi connectivity index (χ0n) is 15.1. The molecular formula is C22H23N3O. The predicted octanol–water partition coefficient (Wildman–Crippen LogP) is 4.84. The van der Waals surface area contributed by atoms with Crippen molar-refractivity contribution in [3.05, 3.63) is 54.1 Å². The summed E-state index contributed by atoms with van der Waals surface area (Å²) < 4.78 is 7.77. The molecule has 0 radical (unpaired) electrons. The van der Waals surface area contributed by atoms with Gasteiger partial charge in [0.15, 0.2) is 11.6 Å². The van der Waals surface area contributed by atoms with E-state index in [9.17, 15) is 0 Å². The first-order chi connectivity index (χ1) is 12.8. The Balaban J connectivity index is 1.71. The third-order valence-corrected chi connectivity index (χ3v) is 6.05. The number of ether oxygens (including phenoxy) is 1. The van der Waals surface area contributed by atoms with Gasteiger partial charge in [0.25, 0.3) is 0 Å². The Hall–Kier alpha value is -2.62. The molecule has 132 valence electrons. The van der Waals surface area contributed by atoms with Crippen LogP contribution in [-0.4, -0.2) is 21.9 Å². The SMILES string of the molecule is COc1ccc(-c2nnc3n2C2(CCCCC2)Cc2ccccc2-3)cc1. The fraction of sp³-hybridized carbons (Fsp3) is 0.364. The van der Waals surface area contributed by atoms with Gasteiger partial charge in [-0.1, -0.05) is 43.5 Å². The van der Waals surface area contributed by atoms with E-state index >= 15 is 0 Å². The molecule has 26 heavy (non-hydrogen) atoms. The van der Waals surface area contributed by atoms with Crippen LogP contribution in [0, 0.1) is 0 Å². The van der Waals surface area contributed by atoms with Crippen molar-refractivity contribution in [2.24, 2.45) is 0 Å². The standard InChI is InChI=1S/C22H23N3O/c1-26-18-11-9-16(10-12-18)20-23-24-21-19-8-4-3-7-17(19)15-22(25(20)21)13-5-2-6-14-22/h3-4,7-12H,2,5-6,13-15H2,1H3. The van der Waals surface area contributed by atoms with Gasteiger partial charge in [-0.3, -0.25) is 0 Å². The molecule has 0 amide bonds. The van der Waals surface area contributed by atoms with Crippen molar-refractivity contribution >= 4 is 0 Å². The van der Waals surface area contributed by atoms with Crippen molar-refractivity contribution in [2.45, 2.75) is 44.1 Å². The Morgan fingerprint density at radius 2 is 1.62 bits per heavy atom. The monoisotopic (exact) mass is 345 g/mol. The molecule has 2 aromatic carbocycles. The molecule has 0 unspecified atom stereocenters. The normalized spacial score (nSPS) is 17.6. The molecule has 1 aliphatic heterocycles. The van der Waals surface area contributed by atoms with Gasteiger partial charge in [0, 0.05) is 11.1 Å². The fourth-order valence-electron chi connectivity index (χ4n) is 4.77. The van der Waals surface area contributed by atoms with Gasteiger partial charge in [0.05, 0.1) is 12.6 Å². The van der Waals surface area contributed by atoms with E-state index in [-0.39, 0.29) is 5.54 Å². The quantitative estimate of drug-likeness (QED) is 0.667. The maximum Gasteiger partial charge on any atom is 0.165 e. The summed E-state index contributed by atoms with van der Waals surface area (Å²) in [5.74, 6) is 2.88. The summed E-state index contributed by atoms with van der Waals surface area (Å²) >= 11 is 0. The minimum Gasteiger partial charge on any atom is -0.497 e. The Bertz CT molecular complexity index is 936. The zero-order valence-corrected chi connectivity index (χ0v) is 15.1. The molecule has 5 rings (SSSR count). The summed E-state index contributed by atoms with van der Waals surface area (Å²) in [6.07, 6.45) is 7.38. The first kappa shape index (κ1) is 15.6. The Kier molecular flexibility index (Phi) is 3.59. The third kappa shape index (κ3) is 2.28. The molecular weight excluding hydrogens is 322 g/mol. The van der Waals surface area contributed by atoms with Crippen LogP contribution in [0.4, 0.5) is 0 Å². The number of hydrogen-bond donors (Lipinski definition) is 0. The summed E-state index contributed by atoms with van der Waals surface area (Å²) in [5.41, 5.74) is 3.86. The highest BCUT2D eigenvalue weighted by atomic mass is 16.5. The summed E-state index contributed by atoms with van der Waals surface area (Å²) in [6.45, 7) is 0. The molecule has 0 bridgehead atoms. The first-order valence-corrected chi connectivity index (χ1v) is 9.49. The van der Waals surface area contributed by atoms with Gasteiger partial charge in [-0.25, -0.2) is 0 Å². The van der Waals surface area contributed by atoms with Crippen LogP contribution in [0.3, 0.4) is 0 Å². The van der Waals surface area contributed by atoms with E-state index in [4.69, 9.17) is 4.74 Å². The van der Waals surface area contributed by atoms with Gasteiger partial charge < -0.3 is 9.30 Å². The van der Waals surface area contributed by atoms with E-state index in [2.05, 4.69) is 51.2 Å². The number of fused-ring (bicyclic) bond motifs is 4. The van der Waals surface area contributed by atoms with E-state index < -0.39 is 0 Å². The number of rotatable bonds is 2. The number of hydrogen-bond acceptors (Lipinski definition) is 3. The van der Waals surface area contributed by atoms with Gasteiger partial charge >= 0.3 is 0 Å². The lowest BCUT2D eigenvalue weighted by Gasteiger charge is -2.43. The second kappa shape index (κ2) is 5.97. The van der Waals surface area contributed by atoms with Gasteiger partial charge in [-0.05, 0) is 49.1 Å². The number of benzene rings is 2. The summed E-state index contributed by atoms with van der Waals surface area (Å²) in [5, 5.41) is 9.29. The van der Waals surface area contributed by atoms with Crippen molar-refractivity contribution in [3.63, 3.8) is 0 Å². The highest BCUT2D eigenvalue weighted by molar-refractivity contribution is 5.68. The molecule has 0 atom stereocenters. The Labute approximate surface area is 153 Å². The van der Waals surface area contributed by atoms with Crippen LogP contribution in [0.5, 0.6) is 5.75 Å². The molecule has 4 nitrogen and oxygen atoms in total. The van der Waals surface area contributed by atoms with Gasteiger partial charge in [0.1, 0.15) is 5.75 Å². The highest BCUT2D eigenvalue weighted by Crippen LogP contribution is 2.47. The molecule has 2 aliphatic rings. The minimum atomic E-state index is 0.112. The van der Waals surface area contributed by atoms with Crippen LogP contribution < -0.4 is 4.74 Å². The average molecular weight is 345 g/mol. The van der Waals surface area contributed by atoms with E-state index in [0.29, 0.717) is 0 Å². The van der Waals surface area contributed by atoms with Crippen LogP contribution in [0.1, 0.15) is 37.7 Å². The van der Waals surface area contributed by atoms with Crippen molar-refractivity contribution in [1.29, 1.82) is 0 Å². The van der Waals surface area contributed by atoms with Crippen molar-refractivity contribution in [1.82, 2.24) is 14.8 Å². The number of nitrogens with zero attached hydrogens (tertiary/aromatic N) is 3. The first-order valence-electron chi connectivity index (χ1n) is 9.49. The highest BCUT2D eigenvalue weighted by Gasteiger charge is 2.42. The molecule has 2 heterocycles. The molecule has 0 saturated heterocycles.